The second kappa shape index (κ2) is 8.21. The summed E-state index contributed by atoms with van der Waals surface area (Å²) in [6.45, 7) is 3.65. The van der Waals surface area contributed by atoms with Crippen molar-refractivity contribution < 1.29 is 9.47 Å². The van der Waals surface area contributed by atoms with Gasteiger partial charge in [-0.2, -0.15) is 14.9 Å². The molecule has 24 heavy (non-hydrogen) atoms. The van der Waals surface area contributed by atoms with E-state index in [9.17, 15) is 0 Å². The minimum Gasteiger partial charge on any atom is -0.494 e. The average Bonchev–Trinajstić information content (AvgIpc) is 3.24. The van der Waals surface area contributed by atoms with Crippen LogP contribution in [0.1, 0.15) is 50.1 Å². The van der Waals surface area contributed by atoms with Crippen molar-refractivity contribution >= 4 is 18.4 Å². The lowest BCUT2D eigenvalue weighted by Crippen LogP contribution is -2.05. The highest BCUT2D eigenvalue weighted by atomic mass is 32.1. The number of unbranched alkanes of at least 4 members (excludes halogenated alkanes) is 1. The van der Waals surface area contributed by atoms with Crippen LogP contribution in [0.15, 0.2) is 29.4 Å². The third-order valence-electron chi connectivity index (χ3n) is 3.86. The van der Waals surface area contributed by atoms with Crippen LogP contribution in [0.4, 0.5) is 0 Å². The molecule has 1 atom stereocenters. The SMILES string of the molecule is CCCCOc1ccc(/C=N\n2c([C@@H]3CCCO3)n[nH]c2=S)cc1. The number of nitrogens with zero attached hydrogens (tertiary/aromatic N) is 3. The zero-order valence-electron chi connectivity index (χ0n) is 13.8. The van der Waals surface area contributed by atoms with Gasteiger partial charge < -0.3 is 9.47 Å². The summed E-state index contributed by atoms with van der Waals surface area (Å²) in [5, 5.41) is 11.5. The topological polar surface area (TPSA) is 64.4 Å². The third kappa shape index (κ3) is 4.10. The average molecular weight is 346 g/mol. The molecule has 0 aliphatic carbocycles. The molecule has 1 saturated heterocycles. The van der Waals surface area contributed by atoms with Crippen molar-refractivity contribution in [3.05, 3.63) is 40.4 Å². The first-order valence-corrected chi connectivity index (χ1v) is 8.75. The molecule has 1 aliphatic rings. The molecular formula is C17H22N4O2S. The van der Waals surface area contributed by atoms with E-state index in [2.05, 4.69) is 22.2 Å². The second-order valence-corrected chi connectivity index (χ2v) is 6.10. The maximum Gasteiger partial charge on any atom is 0.216 e. The molecule has 0 spiro atoms. The Hall–Kier alpha value is -1.99. The largest absolute Gasteiger partial charge is 0.494 e. The van der Waals surface area contributed by atoms with E-state index < -0.39 is 0 Å². The van der Waals surface area contributed by atoms with Crippen molar-refractivity contribution in [3.63, 3.8) is 0 Å². The third-order valence-corrected chi connectivity index (χ3v) is 4.13. The molecule has 0 unspecified atom stereocenters. The van der Waals surface area contributed by atoms with Crippen LogP contribution in [0, 0.1) is 4.77 Å². The summed E-state index contributed by atoms with van der Waals surface area (Å²) < 4.78 is 13.4. The standard InChI is InChI=1S/C17H22N4O2S/c1-2-3-10-22-14-8-6-13(7-9-14)12-18-21-16(19-20-17(21)24)15-5-4-11-23-15/h6-9,12,15H,2-5,10-11H2,1H3,(H,20,24)/b18-12-/t15-/m0/s1. The van der Waals surface area contributed by atoms with E-state index in [1.165, 1.54) is 0 Å². The molecule has 6 nitrogen and oxygen atoms in total. The molecule has 1 aliphatic heterocycles. The second-order valence-electron chi connectivity index (χ2n) is 5.72. The van der Waals surface area contributed by atoms with Crippen molar-refractivity contribution in [3.8, 4) is 5.75 Å². The Labute approximate surface area is 146 Å². The van der Waals surface area contributed by atoms with Gasteiger partial charge in [0.05, 0.1) is 12.8 Å². The van der Waals surface area contributed by atoms with Gasteiger partial charge in [-0.15, -0.1) is 0 Å². The monoisotopic (exact) mass is 346 g/mol. The maximum atomic E-state index is 5.67. The predicted octanol–water partition coefficient (Wildman–Crippen LogP) is 3.85. The Balaban J connectivity index is 1.69. The Morgan fingerprint density at radius 2 is 2.29 bits per heavy atom. The maximum absolute atomic E-state index is 5.67. The summed E-state index contributed by atoms with van der Waals surface area (Å²) in [7, 11) is 0. The molecule has 0 radical (unpaired) electrons. The van der Waals surface area contributed by atoms with Crippen LogP contribution in [0.25, 0.3) is 0 Å². The highest BCUT2D eigenvalue weighted by Crippen LogP contribution is 2.26. The first kappa shape index (κ1) is 16.9. The van der Waals surface area contributed by atoms with E-state index in [-0.39, 0.29) is 6.10 Å². The number of nitrogens with one attached hydrogen (secondary N) is 1. The van der Waals surface area contributed by atoms with Gasteiger partial charge in [-0.1, -0.05) is 13.3 Å². The Bertz CT molecular complexity index is 730. The fourth-order valence-electron chi connectivity index (χ4n) is 2.51. The molecule has 1 N–H and O–H groups in total. The van der Waals surface area contributed by atoms with E-state index in [1.54, 1.807) is 10.9 Å². The first-order valence-electron chi connectivity index (χ1n) is 8.34. The van der Waals surface area contributed by atoms with Gasteiger partial charge in [0.15, 0.2) is 5.82 Å². The van der Waals surface area contributed by atoms with Crippen LogP contribution in [0.3, 0.4) is 0 Å². The molecule has 2 heterocycles. The van der Waals surface area contributed by atoms with Gasteiger partial charge in [0.1, 0.15) is 11.9 Å². The van der Waals surface area contributed by atoms with Gasteiger partial charge in [-0.3, -0.25) is 5.10 Å². The molecule has 1 aromatic heterocycles. The van der Waals surface area contributed by atoms with Gasteiger partial charge in [0, 0.05) is 6.61 Å². The summed E-state index contributed by atoms with van der Waals surface area (Å²) >= 11 is 5.26. The van der Waals surface area contributed by atoms with Crippen LogP contribution < -0.4 is 4.74 Å². The van der Waals surface area contributed by atoms with Crippen LogP contribution in [-0.2, 0) is 4.74 Å². The summed E-state index contributed by atoms with van der Waals surface area (Å²) in [5.74, 6) is 1.61. The molecule has 0 bridgehead atoms. The summed E-state index contributed by atoms with van der Waals surface area (Å²) in [5.41, 5.74) is 0.972. The summed E-state index contributed by atoms with van der Waals surface area (Å²) in [6, 6.07) is 7.85. The molecule has 0 saturated carbocycles. The Morgan fingerprint density at radius 1 is 1.46 bits per heavy atom. The normalized spacial score (nSPS) is 17.6. The van der Waals surface area contributed by atoms with Gasteiger partial charge in [-0.05, 0) is 61.3 Å². The zero-order chi connectivity index (χ0) is 16.8. The van der Waals surface area contributed by atoms with Crippen molar-refractivity contribution in [2.75, 3.05) is 13.2 Å². The van der Waals surface area contributed by atoms with Crippen molar-refractivity contribution in [2.24, 2.45) is 5.10 Å². The highest BCUT2D eigenvalue weighted by molar-refractivity contribution is 7.71. The van der Waals surface area contributed by atoms with Crippen LogP contribution in [0.5, 0.6) is 5.75 Å². The Kier molecular flexibility index (Phi) is 5.77. The van der Waals surface area contributed by atoms with Crippen LogP contribution in [0.2, 0.25) is 0 Å². The van der Waals surface area contributed by atoms with E-state index in [1.807, 2.05) is 24.3 Å². The van der Waals surface area contributed by atoms with Crippen LogP contribution in [-0.4, -0.2) is 34.3 Å². The number of aromatic nitrogens is 3. The predicted molar refractivity (Wildman–Crippen MR) is 95.2 cm³/mol. The summed E-state index contributed by atoms with van der Waals surface area (Å²) in [6.07, 6.45) is 5.90. The molecule has 1 fully saturated rings. The van der Waals surface area contributed by atoms with Gasteiger partial charge in [0.25, 0.3) is 0 Å². The number of rotatable bonds is 7. The number of aromatic amines is 1. The van der Waals surface area contributed by atoms with E-state index in [0.29, 0.717) is 4.77 Å². The minimum absolute atomic E-state index is 0.0376. The minimum atomic E-state index is -0.0376. The quantitative estimate of drug-likeness (QED) is 0.470. The zero-order valence-corrected chi connectivity index (χ0v) is 14.6. The fraction of sp³-hybridized carbons (Fsp3) is 0.471. The highest BCUT2D eigenvalue weighted by Gasteiger charge is 2.23. The smallest absolute Gasteiger partial charge is 0.216 e. The van der Waals surface area contributed by atoms with E-state index in [4.69, 9.17) is 21.7 Å². The lowest BCUT2D eigenvalue weighted by molar-refractivity contribution is 0.102. The number of hydrogen-bond donors (Lipinski definition) is 1. The molecule has 3 rings (SSSR count). The number of benzene rings is 1. The van der Waals surface area contributed by atoms with Crippen molar-refractivity contribution in [1.29, 1.82) is 0 Å². The number of hydrogen-bond acceptors (Lipinski definition) is 5. The lowest BCUT2D eigenvalue weighted by atomic mass is 10.2. The van der Waals surface area contributed by atoms with Crippen molar-refractivity contribution in [1.82, 2.24) is 14.9 Å². The molecule has 0 amide bonds. The molecule has 2 aromatic rings. The number of ether oxygens (including phenoxy) is 2. The molecule has 7 heteroatoms. The first-order chi connectivity index (χ1) is 11.8. The lowest BCUT2D eigenvalue weighted by Gasteiger charge is -2.07. The number of H-pyrrole nitrogens is 1. The van der Waals surface area contributed by atoms with Crippen molar-refractivity contribution in [2.45, 2.75) is 38.7 Å². The van der Waals surface area contributed by atoms with Crippen LogP contribution >= 0.6 is 12.2 Å². The van der Waals surface area contributed by atoms with E-state index >= 15 is 0 Å². The molecular weight excluding hydrogens is 324 g/mol. The van der Waals surface area contributed by atoms with Gasteiger partial charge in [0.2, 0.25) is 4.77 Å². The fourth-order valence-corrected chi connectivity index (χ4v) is 2.70. The summed E-state index contributed by atoms with van der Waals surface area (Å²) in [4.78, 5) is 0. The van der Waals surface area contributed by atoms with Gasteiger partial charge in [-0.25, -0.2) is 0 Å². The molecule has 1 aromatic carbocycles. The Morgan fingerprint density at radius 3 is 3.00 bits per heavy atom. The molecule has 128 valence electrons. The van der Waals surface area contributed by atoms with Gasteiger partial charge >= 0.3 is 0 Å². The van der Waals surface area contributed by atoms with E-state index in [0.717, 1.165) is 56.0 Å².